The molecule has 0 saturated carbocycles. The average Bonchev–Trinajstić information content (AvgIpc) is 2.45. The highest BCUT2D eigenvalue weighted by molar-refractivity contribution is 6.30. The summed E-state index contributed by atoms with van der Waals surface area (Å²) in [4.78, 5) is 14.8. The molecule has 1 saturated heterocycles. The number of carbonyl (C=O) groups excluding carboxylic acids is 1. The van der Waals surface area contributed by atoms with Gasteiger partial charge < -0.3 is 9.64 Å². The highest BCUT2D eigenvalue weighted by Crippen LogP contribution is 2.18. The van der Waals surface area contributed by atoms with E-state index in [9.17, 15) is 18.0 Å². The molecule has 0 aromatic heterocycles. The van der Waals surface area contributed by atoms with Crippen LogP contribution in [0.15, 0.2) is 24.3 Å². The van der Waals surface area contributed by atoms with E-state index in [1.807, 2.05) is 0 Å². The maximum Gasteiger partial charge on any atom is 0.401 e. The minimum absolute atomic E-state index is 0. The third kappa shape index (κ3) is 6.85. The molecule has 0 N–H and O–H groups in total. The van der Waals surface area contributed by atoms with E-state index in [4.69, 9.17) is 16.3 Å². The van der Waals surface area contributed by atoms with Crippen LogP contribution < -0.4 is 4.74 Å². The fraction of sp³-hybridized carbons (Fsp3) is 0.500. The normalized spacial score (nSPS) is 15.9. The monoisotopic (exact) mass is 372 g/mol. The van der Waals surface area contributed by atoms with Gasteiger partial charge in [-0.3, -0.25) is 9.69 Å². The molecule has 0 spiro atoms. The van der Waals surface area contributed by atoms with E-state index in [0.717, 1.165) is 0 Å². The van der Waals surface area contributed by atoms with E-state index < -0.39 is 12.7 Å². The molecule has 1 aromatic carbocycles. The molecule has 1 heterocycles. The SMILES string of the molecule is Cl.O=C(COc1ccc(Cl)cc1)N1CCN(CC(F)(F)F)CC1. The van der Waals surface area contributed by atoms with Gasteiger partial charge >= 0.3 is 6.18 Å². The average molecular weight is 373 g/mol. The molecule has 1 aliphatic rings. The molecule has 4 nitrogen and oxygen atoms in total. The van der Waals surface area contributed by atoms with Crippen molar-refractivity contribution in [1.29, 1.82) is 0 Å². The van der Waals surface area contributed by atoms with Gasteiger partial charge in [-0.2, -0.15) is 13.2 Å². The molecular weight excluding hydrogens is 356 g/mol. The van der Waals surface area contributed by atoms with E-state index in [2.05, 4.69) is 0 Å². The Morgan fingerprint density at radius 3 is 2.22 bits per heavy atom. The fourth-order valence-corrected chi connectivity index (χ4v) is 2.30. The number of benzene rings is 1. The van der Waals surface area contributed by atoms with Crippen molar-refractivity contribution in [2.75, 3.05) is 39.3 Å². The number of hydrogen-bond donors (Lipinski definition) is 0. The first-order valence-electron chi connectivity index (χ1n) is 6.79. The second-order valence-electron chi connectivity index (χ2n) is 5.01. The van der Waals surface area contributed by atoms with Crippen LogP contribution in [0.3, 0.4) is 0 Å². The Morgan fingerprint density at radius 1 is 1.13 bits per heavy atom. The molecule has 0 aliphatic carbocycles. The summed E-state index contributed by atoms with van der Waals surface area (Å²) in [5.74, 6) is 0.287. The summed E-state index contributed by atoms with van der Waals surface area (Å²) in [6.45, 7) is -0.0899. The van der Waals surface area contributed by atoms with Crippen LogP contribution in [0.2, 0.25) is 5.02 Å². The summed E-state index contributed by atoms with van der Waals surface area (Å²) in [7, 11) is 0. The summed E-state index contributed by atoms with van der Waals surface area (Å²) < 4.78 is 42.2. The quantitative estimate of drug-likeness (QED) is 0.814. The predicted octanol–water partition coefficient (Wildman–Crippen LogP) is 2.85. The maximum absolute atomic E-state index is 12.3. The molecule has 23 heavy (non-hydrogen) atoms. The highest BCUT2D eigenvalue weighted by atomic mass is 35.5. The number of rotatable bonds is 4. The molecule has 0 radical (unpaired) electrons. The molecule has 1 fully saturated rings. The van der Waals surface area contributed by atoms with Gasteiger partial charge in [-0.1, -0.05) is 11.6 Å². The summed E-state index contributed by atoms with van der Waals surface area (Å²) in [6, 6.07) is 6.60. The van der Waals surface area contributed by atoms with E-state index in [-0.39, 0.29) is 51.1 Å². The lowest BCUT2D eigenvalue weighted by Crippen LogP contribution is -2.51. The van der Waals surface area contributed by atoms with Gasteiger partial charge in [0.2, 0.25) is 0 Å². The van der Waals surface area contributed by atoms with Crippen molar-refractivity contribution in [3.63, 3.8) is 0 Å². The molecule has 1 aliphatic heterocycles. The number of halogens is 5. The number of ether oxygens (including phenoxy) is 1. The molecular formula is C14H17Cl2F3N2O2. The molecule has 9 heteroatoms. The Bertz CT molecular complexity index is 504. The predicted molar refractivity (Wildman–Crippen MR) is 83.3 cm³/mol. The van der Waals surface area contributed by atoms with Crippen LogP contribution in [0.4, 0.5) is 13.2 Å². The van der Waals surface area contributed by atoms with Crippen molar-refractivity contribution >= 4 is 29.9 Å². The molecule has 0 atom stereocenters. The van der Waals surface area contributed by atoms with Gasteiger partial charge in [0, 0.05) is 31.2 Å². The number of alkyl halides is 3. The van der Waals surface area contributed by atoms with Crippen LogP contribution in [0.1, 0.15) is 0 Å². The van der Waals surface area contributed by atoms with Gasteiger partial charge in [0.25, 0.3) is 5.91 Å². The first-order valence-corrected chi connectivity index (χ1v) is 7.16. The zero-order chi connectivity index (χ0) is 16.2. The van der Waals surface area contributed by atoms with Crippen LogP contribution in [0.25, 0.3) is 0 Å². The molecule has 130 valence electrons. The van der Waals surface area contributed by atoms with Crippen molar-refractivity contribution in [1.82, 2.24) is 9.80 Å². The van der Waals surface area contributed by atoms with E-state index >= 15 is 0 Å². The summed E-state index contributed by atoms with van der Waals surface area (Å²) >= 11 is 5.74. The lowest BCUT2D eigenvalue weighted by molar-refractivity contribution is -0.152. The van der Waals surface area contributed by atoms with Crippen molar-refractivity contribution in [2.45, 2.75) is 6.18 Å². The zero-order valence-corrected chi connectivity index (χ0v) is 13.8. The van der Waals surface area contributed by atoms with Gasteiger partial charge in [0.15, 0.2) is 6.61 Å². The number of piperazine rings is 1. The van der Waals surface area contributed by atoms with Crippen molar-refractivity contribution in [2.24, 2.45) is 0 Å². The topological polar surface area (TPSA) is 32.8 Å². The summed E-state index contributed by atoms with van der Waals surface area (Å²) in [5, 5.41) is 0.569. The van der Waals surface area contributed by atoms with Crippen molar-refractivity contribution < 1.29 is 22.7 Å². The molecule has 0 bridgehead atoms. The fourth-order valence-electron chi connectivity index (χ4n) is 2.18. The van der Waals surface area contributed by atoms with Gasteiger partial charge in [-0.15, -0.1) is 12.4 Å². The smallest absolute Gasteiger partial charge is 0.401 e. The van der Waals surface area contributed by atoms with Crippen LogP contribution in [0, 0.1) is 0 Å². The molecule has 1 aromatic rings. The van der Waals surface area contributed by atoms with Crippen LogP contribution >= 0.6 is 24.0 Å². The first kappa shape index (κ1) is 19.9. The zero-order valence-electron chi connectivity index (χ0n) is 12.2. The lowest BCUT2D eigenvalue weighted by atomic mass is 10.3. The number of hydrogen-bond acceptors (Lipinski definition) is 3. The second kappa shape index (κ2) is 8.61. The first-order chi connectivity index (χ1) is 10.3. The van der Waals surface area contributed by atoms with E-state index in [1.54, 1.807) is 24.3 Å². The van der Waals surface area contributed by atoms with Crippen molar-refractivity contribution in [3.8, 4) is 5.75 Å². The van der Waals surface area contributed by atoms with Gasteiger partial charge in [0.1, 0.15) is 5.75 Å². The second-order valence-corrected chi connectivity index (χ2v) is 5.45. The Labute approximate surface area is 143 Å². The number of amides is 1. The standard InChI is InChI=1S/C14H16ClF3N2O2.ClH/c15-11-1-3-12(4-2-11)22-9-13(21)20-7-5-19(6-8-20)10-14(16,17)18;/h1-4H,5-10H2;1H. The number of carbonyl (C=O) groups is 1. The highest BCUT2D eigenvalue weighted by Gasteiger charge is 2.32. The van der Waals surface area contributed by atoms with E-state index in [1.165, 1.54) is 9.80 Å². The van der Waals surface area contributed by atoms with Gasteiger partial charge in [0.05, 0.1) is 6.54 Å². The Kier molecular flexibility index (Phi) is 7.44. The third-order valence-electron chi connectivity index (χ3n) is 3.30. The minimum Gasteiger partial charge on any atom is -0.484 e. The number of nitrogens with zero attached hydrogens (tertiary/aromatic N) is 2. The molecule has 2 rings (SSSR count). The molecule has 0 unspecified atom stereocenters. The van der Waals surface area contributed by atoms with Crippen molar-refractivity contribution in [3.05, 3.63) is 29.3 Å². The maximum atomic E-state index is 12.3. The summed E-state index contributed by atoms with van der Waals surface area (Å²) in [5.41, 5.74) is 0. The summed E-state index contributed by atoms with van der Waals surface area (Å²) in [6.07, 6.45) is -4.20. The molecule has 1 amide bonds. The van der Waals surface area contributed by atoms with Gasteiger partial charge in [-0.05, 0) is 24.3 Å². The Morgan fingerprint density at radius 2 is 1.70 bits per heavy atom. The van der Waals surface area contributed by atoms with Crippen LogP contribution in [0.5, 0.6) is 5.75 Å². The largest absolute Gasteiger partial charge is 0.484 e. The van der Waals surface area contributed by atoms with Crippen LogP contribution in [-0.2, 0) is 4.79 Å². The lowest BCUT2D eigenvalue weighted by Gasteiger charge is -2.34. The van der Waals surface area contributed by atoms with Crippen LogP contribution in [-0.4, -0.2) is 61.2 Å². The van der Waals surface area contributed by atoms with Gasteiger partial charge in [-0.25, -0.2) is 0 Å². The Balaban J connectivity index is 0.00000264. The third-order valence-corrected chi connectivity index (χ3v) is 3.56. The Hall–Kier alpha value is -1.18. The minimum atomic E-state index is -4.20. The van der Waals surface area contributed by atoms with E-state index in [0.29, 0.717) is 10.8 Å².